The van der Waals surface area contributed by atoms with Gasteiger partial charge in [0.15, 0.2) is 0 Å². The van der Waals surface area contributed by atoms with Gasteiger partial charge in [0, 0.05) is 30.1 Å². The highest BCUT2D eigenvalue weighted by molar-refractivity contribution is 5.87. The van der Waals surface area contributed by atoms with Crippen LogP contribution in [0, 0.1) is 24.7 Å². The van der Waals surface area contributed by atoms with E-state index in [0.717, 1.165) is 37.8 Å². The van der Waals surface area contributed by atoms with Crippen molar-refractivity contribution in [3.05, 3.63) is 29.8 Å². The molecule has 5 nitrogen and oxygen atoms in total. The number of nitrogens with two attached hydrogens (primary N) is 1. The average molecular weight is 360 g/mol. The Morgan fingerprint density at radius 2 is 1.88 bits per heavy atom. The van der Waals surface area contributed by atoms with Crippen molar-refractivity contribution in [1.82, 2.24) is 5.32 Å². The zero-order chi connectivity index (χ0) is 19.1. The van der Waals surface area contributed by atoms with Crippen molar-refractivity contribution >= 4 is 17.5 Å². The lowest BCUT2D eigenvalue weighted by Gasteiger charge is -2.30. The first-order chi connectivity index (χ1) is 12.4. The van der Waals surface area contributed by atoms with E-state index in [0.29, 0.717) is 12.5 Å². The number of anilines is 1. The molecule has 0 spiro atoms. The standard InChI is InChI=1S/C21H33N3O2/c1-14(2)11-17(13-23-16-8-6-7-15(3)12-16)24-21(26)19-10-5-4-9-18(19)20(22)25/h6-8,12,14,17-19,23H,4-5,9-11,13H2,1-3H3,(H2,22,25)(H,24,26)/t17-,18-,19+/m0/s1. The Morgan fingerprint density at radius 3 is 2.50 bits per heavy atom. The summed E-state index contributed by atoms with van der Waals surface area (Å²) < 4.78 is 0. The van der Waals surface area contributed by atoms with Crippen molar-refractivity contribution in [1.29, 1.82) is 0 Å². The maximum absolute atomic E-state index is 12.8. The SMILES string of the molecule is Cc1cccc(NC[C@H](CC(C)C)NC(=O)[C@@H]2CCCC[C@@H]2C(N)=O)c1. The van der Waals surface area contributed by atoms with E-state index in [2.05, 4.69) is 43.5 Å². The van der Waals surface area contributed by atoms with Crippen LogP contribution < -0.4 is 16.4 Å². The molecule has 1 aliphatic carbocycles. The summed E-state index contributed by atoms with van der Waals surface area (Å²) in [6.45, 7) is 7.03. The van der Waals surface area contributed by atoms with E-state index in [1.807, 2.05) is 12.1 Å². The van der Waals surface area contributed by atoms with Gasteiger partial charge in [0.2, 0.25) is 11.8 Å². The van der Waals surface area contributed by atoms with Crippen molar-refractivity contribution < 1.29 is 9.59 Å². The molecule has 0 radical (unpaired) electrons. The van der Waals surface area contributed by atoms with Gasteiger partial charge in [-0.1, -0.05) is 38.8 Å². The number of aryl methyl sites for hydroxylation is 1. The minimum absolute atomic E-state index is 0.0230. The minimum atomic E-state index is -0.344. The second kappa shape index (κ2) is 9.60. The molecule has 0 bridgehead atoms. The predicted octanol–water partition coefficient (Wildman–Crippen LogP) is 3.23. The summed E-state index contributed by atoms with van der Waals surface area (Å²) in [4.78, 5) is 24.5. The van der Waals surface area contributed by atoms with Gasteiger partial charge < -0.3 is 16.4 Å². The van der Waals surface area contributed by atoms with Crippen LogP contribution in [0.15, 0.2) is 24.3 Å². The Bertz CT molecular complexity index is 615. The Morgan fingerprint density at radius 1 is 1.19 bits per heavy atom. The maximum Gasteiger partial charge on any atom is 0.224 e. The third-order valence-electron chi connectivity index (χ3n) is 5.14. The van der Waals surface area contributed by atoms with E-state index in [1.54, 1.807) is 0 Å². The van der Waals surface area contributed by atoms with Gasteiger partial charge in [0.05, 0.1) is 0 Å². The smallest absolute Gasteiger partial charge is 0.224 e. The van der Waals surface area contributed by atoms with Gasteiger partial charge in [-0.25, -0.2) is 0 Å². The highest BCUT2D eigenvalue weighted by atomic mass is 16.2. The quantitative estimate of drug-likeness (QED) is 0.666. The van der Waals surface area contributed by atoms with Gasteiger partial charge in [-0.05, 0) is 49.8 Å². The summed E-state index contributed by atoms with van der Waals surface area (Å²) in [5, 5.41) is 6.61. The number of carbonyl (C=O) groups is 2. The largest absolute Gasteiger partial charge is 0.383 e. The molecule has 0 unspecified atom stereocenters. The Hall–Kier alpha value is -2.04. The van der Waals surface area contributed by atoms with Crippen molar-refractivity contribution in [2.45, 2.75) is 58.9 Å². The van der Waals surface area contributed by atoms with Gasteiger partial charge in [0.1, 0.15) is 0 Å². The second-order valence-corrected chi connectivity index (χ2v) is 7.99. The molecular formula is C21H33N3O2. The molecule has 2 amide bonds. The van der Waals surface area contributed by atoms with E-state index in [1.165, 1.54) is 5.56 Å². The fourth-order valence-corrected chi connectivity index (χ4v) is 3.85. The van der Waals surface area contributed by atoms with E-state index < -0.39 is 0 Å². The lowest BCUT2D eigenvalue weighted by molar-refractivity contribution is -0.135. The molecule has 0 aliphatic heterocycles. The molecular weight excluding hydrogens is 326 g/mol. The number of amides is 2. The van der Waals surface area contributed by atoms with E-state index >= 15 is 0 Å². The topological polar surface area (TPSA) is 84.2 Å². The van der Waals surface area contributed by atoms with Gasteiger partial charge in [0.25, 0.3) is 0 Å². The molecule has 1 saturated carbocycles. The van der Waals surface area contributed by atoms with Gasteiger partial charge in [-0.3, -0.25) is 9.59 Å². The average Bonchev–Trinajstić information content (AvgIpc) is 2.59. The number of hydrogen-bond acceptors (Lipinski definition) is 3. The van der Waals surface area contributed by atoms with Crippen LogP contribution in [0.1, 0.15) is 51.5 Å². The number of carbonyl (C=O) groups excluding carboxylic acids is 2. The fourth-order valence-electron chi connectivity index (χ4n) is 3.85. The zero-order valence-corrected chi connectivity index (χ0v) is 16.3. The highest BCUT2D eigenvalue weighted by Crippen LogP contribution is 2.30. The third kappa shape index (κ3) is 6.04. The molecule has 26 heavy (non-hydrogen) atoms. The summed E-state index contributed by atoms with van der Waals surface area (Å²) in [6.07, 6.45) is 4.32. The summed E-state index contributed by atoms with van der Waals surface area (Å²) in [6, 6.07) is 8.24. The number of benzene rings is 1. The van der Waals surface area contributed by atoms with E-state index in [4.69, 9.17) is 5.73 Å². The first-order valence-electron chi connectivity index (χ1n) is 9.77. The number of primary amides is 1. The fraction of sp³-hybridized carbons (Fsp3) is 0.619. The number of nitrogens with one attached hydrogen (secondary N) is 2. The molecule has 144 valence electrons. The van der Waals surface area contributed by atoms with E-state index in [-0.39, 0.29) is 29.7 Å². The van der Waals surface area contributed by atoms with Crippen LogP contribution in [0.5, 0.6) is 0 Å². The molecule has 2 rings (SSSR count). The van der Waals surface area contributed by atoms with Crippen LogP contribution in [0.2, 0.25) is 0 Å². The summed E-state index contributed by atoms with van der Waals surface area (Å²) in [7, 11) is 0. The van der Waals surface area contributed by atoms with Crippen LogP contribution >= 0.6 is 0 Å². The molecule has 1 fully saturated rings. The van der Waals surface area contributed by atoms with Gasteiger partial charge in [-0.2, -0.15) is 0 Å². The van der Waals surface area contributed by atoms with E-state index in [9.17, 15) is 9.59 Å². The predicted molar refractivity (Wildman–Crippen MR) is 106 cm³/mol. The van der Waals surface area contributed by atoms with Crippen molar-refractivity contribution in [2.75, 3.05) is 11.9 Å². The zero-order valence-electron chi connectivity index (χ0n) is 16.3. The van der Waals surface area contributed by atoms with Crippen LogP contribution in [0.3, 0.4) is 0 Å². The minimum Gasteiger partial charge on any atom is -0.383 e. The van der Waals surface area contributed by atoms with Crippen LogP contribution in [-0.2, 0) is 9.59 Å². The third-order valence-corrected chi connectivity index (χ3v) is 5.14. The normalized spacial score (nSPS) is 21.2. The van der Waals surface area contributed by atoms with Crippen LogP contribution in [0.4, 0.5) is 5.69 Å². The Kier molecular flexibility index (Phi) is 7.49. The first-order valence-corrected chi connectivity index (χ1v) is 9.77. The van der Waals surface area contributed by atoms with Crippen molar-refractivity contribution in [2.24, 2.45) is 23.5 Å². The van der Waals surface area contributed by atoms with Crippen LogP contribution in [-0.4, -0.2) is 24.4 Å². The molecule has 0 aromatic heterocycles. The van der Waals surface area contributed by atoms with Gasteiger partial charge in [-0.15, -0.1) is 0 Å². The highest BCUT2D eigenvalue weighted by Gasteiger charge is 2.35. The first kappa shape index (κ1) is 20.3. The Labute approximate surface area is 157 Å². The van der Waals surface area contributed by atoms with Crippen LogP contribution in [0.25, 0.3) is 0 Å². The molecule has 1 aromatic rings. The summed E-state index contributed by atoms with van der Waals surface area (Å²) in [5.74, 6) is -0.505. The molecule has 1 aromatic carbocycles. The molecule has 5 heteroatoms. The number of rotatable bonds is 8. The van der Waals surface area contributed by atoms with Gasteiger partial charge >= 0.3 is 0 Å². The Balaban J connectivity index is 1.99. The monoisotopic (exact) mass is 359 g/mol. The molecule has 1 aliphatic rings. The van der Waals surface area contributed by atoms with Crippen molar-refractivity contribution in [3.8, 4) is 0 Å². The second-order valence-electron chi connectivity index (χ2n) is 7.99. The molecule has 3 atom stereocenters. The number of hydrogen-bond donors (Lipinski definition) is 3. The lowest BCUT2D eigenvalue weighted by atomic mass is 9.78. The maximum atomic E-state index is 12.8. The molecule has 4 N–H and O–H groups in total. The summed E-state index contributed by atoms with van der Waals surface area (Å²) >= 11 is 0. The molecule has 0 saturated heterocycles. The van der Waals surface area contributed by atoms with Crippen molar-refractivity contribution in [3.63, 3.8) is 0 Å². The molecule has 0 heterocycles. The summed E-state index contributed by atoms with van der Waals surface area (Å²) in [5.41, 5.74) is 7.78. The lowest BCUT2D eigenvalue weighted by Crippen LogP contribution is -2.47.